The van der Waals surface area contributed by atoms with E-state index in [-0.39, 0.29) is 18.6 Å². The first kappa shape index (κ1) is 23.4. The van der Waals surface area contributed by atoms with Gasteiger partial charge in [0.25, 0.3) is 0 Å². The van der Waals surface area contributed by atoms with Crippen molar-refractivity contribution in [1.82, 2.24) is 5.32 Å². The Hall–Kier alpha value is -3.36. The van der Waals surface area contributed by atoms with Gasteiger partial charge in [0.05, 0.1) is 22.8 Å². The zero-order valence-electron chi connectivity index (χ0n) is 19.3. The third-order valence-electron chi connectivity index (χ3n) is 6.11. The van der Waals surface area contributed by atoms with Crippen molar-refractivity contribution < 1.29 is 19.1 Å². The van der Waals surface area contributed by atoms with Gasteiger partial charge in [-0.3, -0.25) is 4.79 Å². The van der Waals surface area contributed by atoms with E-state index in [4.69, 9.17) is 9.47 Å². The third-order valence-corrected chi connectivity index (χ3v) is 7.92. The van der Waals surface area contributed by atoms with Gasteiger partial charge in [0.2, 0.25) is 0 Å². The van der Waals surface area contributed by atoms with Gasteiger partial charge in [0.1, 0.15) is 13.2 Å². The minimum Gasteiger partial charge on any atom is -0.461 e. The molecule has 2 aromatic carbocycles. The van der Waals surface area contributed by atoms with Crippen LogP contribution >= 0.6 is 23.1 Å². The van der Waals surface area contributed by atoms with Crippen molar-refractivity contribution in [3.63, 3.8) is 0 Å². The zero-order valence-corrected chi connectivity index (χ0v) is 20.9. The maximum Gasteiger partial charge on any atom is 0.337 e. The van der Waals surface area contributed by atoms with Crippen LogP contribution in [0.15, 0.2) is 81.9 Å². The van der Waals surface area contributed by atoms with E-state index in [0.29, 0.717) is 39.2 Å². The Morgan fingerprint density at radius 2 is 1.97 bits per heavy atom. The molecule has 2 aliphatic heterocycles. The van der Waals surface area contributed by atoms with Crippen molar-refractivity contribution in [2.45, 2.75) is 12.8 Å². The van der Waals surface area contributed by atoms with Crippen molar-refractivity contribution in [3.05, 3.63) is 92.9 Å². The van der Waals surface area contributed by atoms with Crippen molar-refractivity contribution in [3.8, 4) is 10.4 Å². The lowest BCUT2D eigenvalue weighted by molar-refractivity contribution is -0.138. The smallest absolute Gasteiger partial charge is 0.337 e. The summed E-state index contributed by atoms with van der Waals surface area (Å²) in [5.74, 6) is -0.983. The van der Waals surface area contributed by atoms with E-state index in [1.165, 1.54) is 11.3 Å². The van der Waals surface area contributed by atoms with Gasteiger partial charge in [0, 0.05) is 32.5 Å². The molecule has 6 nitrogen and oxygen atoms in total. The molecule has 1 atom stereocenters. The first-order valence-corrected chi connectivity index (χ1v) is 13.4. The molecule has 35 heavy (non-hydrogen) atoms. The lowest BCUT2D eigenvalue weighted by atomic mass is 9.80. The number of carbonyl (C=O) groups is 2. The number of allylic oxidation sites excluding steroid dienone is 1. The zero-order chi connectivity index (χ0) is 24.5. The first-order chi connectivity index (χ1) is 17.0. The Balaban J connectivity index is 1.72. The molecule has 2 aliphatic rings. The van der Waals surface area contributed by atoms with Crippen LogP contribution in [-0.2, 0) is 19.1 Å². The molecule has 3 heterocycles. The number of ether oxygens (including phenoxy) is 2. The second-order valence-electron chi connectivity index (χ2n) is 8.26. The molecule has 178 valence electrons. The predicted molar refractivity (Wildman–Crippen MR) is 139 cm³/mol. The van der Waals surface area contributed by atoms with Crippen LogP contribution in [0.2, 0.25) is 0 Å². The summed E-state index contributed by atoms with van der Waals surface area (Å²) in [7, 11) is 0. The minimum atomic E-state index is -0.701. The van der Waals surface area contributed by atoms with Crippen LogP contribution in [0.4, 0.5) is 0 Å². The molecule has 8 heteroatoms. The lowest BCUT2D eigenvalue weighted by Crippen LogP contribution is -2.30. The summed E-state index contributed by atoms with van der Waals surface area (Å²) >= 11 is 3.05. The average Bonchev–Trinajstić information content (AvgIpc) is 3.23. The molecular formula is C27H23NO5S2. The number of benzene rings is 2. The standard InChI is InChI=1S/C27H23NO5S2/c1-15-22(26(30)32-11-12-34-2)23(24-19(28-15)14-33-27(24)31)18-10-6-9-17-20(29)13-21(35-25(17)18)16-7-4-3-5-8-16/h3-10,13,23,28H,11-12,14H2,1-2H3. The lowest BCUT2D eigenvalue weighted by Gasteiger charge is -2.28. The molecule has 1 unspecified atom stereocenters. The molecule has 5 rings (SSSR count). The molecule has 0 fully saturated rings. The number of esters is 2. The molecule has 0 aliphatic carbocycles. The predicted octanol–water partition coefficient (Wildman–Crippen LogP) is 4.61. The number of hydrogen-bond donors (Lipinski definition) is 1. The van der Waals surface area contributed by atoms with E-state index < -0.39 is 17.9 Å². The summed E-state index contributed by atoms with van der Waals surface area (Å²) in [6.45, 7) is 2.18. The minimum absolute atomic E-state index is 0.110. The van der Waals surface area contributed by atoms with Crippen molar-refractivity contribution in [2.75, 3.05) is 25.2 Å². The fraction of sp³-hybridized carbons (Fsp3) is 0.222. The summed E-state index contributed by atoms with van der Waals surface area (Å²) in [6, 6.07) is 16.8. The van der Waals surface area contributed by atoms with Crippen LogP contribution in [0.5, 0.6) is 0 Å². The van der Waals surface area contributed by atoms with Crippen molar-refractivity contribution in [2.24, 2.45) is 0 Å². The van der Waals surface area contributed by atoms with Gasteiger partial charge in [-0.25, -0.2) is 9.59 Å². The highest BCUT2D eigenvalue weighted by Gasteiger charge is 2.42. The summed E-state index contributed by atoms with van der Waals surface area (Å²) in [5.41, 5.74) is 3.55. The second kappa shape index (κ2) is 9.71. The van der Waals surface area contributed by atoms with E-state index in [0.717, 1.165) is 15.1 Å². The number of fused-ring (bicyclic) bond motifs is 1. The maximum absolute atomic E-state index is 13.3. The third kappa shape index (κ3) is 4.28. The number of hydrogen-bond acceptors (Lipinski definition) is 8. The molecule has 0 saturated heterocycles. The molecule has 1 N–H and O–H groups in total. The Morgan fingerprint density at radius 3 is 2.74 bits per heavy atom. The Labute approximate surface area is 210 Å². The summed E-state index contributed by atoms with van der Waals surface area (Å²) in [4.78, 5) is 40.1. The Bertz CT molecular complexity index is 1460. The first-order valence-electron chi connectivity index (χ1n) is 11.2. The molecule has 0 amide bonds. The van der Waals surface area contributed by atoms with Crippen LogP contribution in [0.25, 0.3) is 20.5 Å². The monoisotopic (exact) mass is 505 g/mol. The number of dihydropyridines is 1. The molecule has 1 aromatic heterocycles. The highest BCUT2D eigenvalue weighted by atomic mass is 32.2. The average molecular weight is 506 g/mol. The molecule has 0 bridgehead atoms. The Morgan fingerprint density at radius 1 is 1.17 bits per heavy atom. The summed E-state index contributed by atoms with van der Waals surface area (Å²) < 4.78 is 11.6. The van der Waals surface area contributed by atoms with E-state index in [9.17, 15) is 14.4 Å². The molecule has 0 radical (unpaired) electrons. The quantitative estimate of drug-likeness (QED) is 0.387. The van der Waals surface area contributed by atoms with E-state index >= 15 is 0 Å². The normalized spacial score (nSPS) is 17.3. The van der Waals surface area contributed by atoms with E-state index in [2.05, 4.69) is 5.32 Å². The van der Waals surface area contributed by atoms with Crippen LogP contribution in [0.1, 0.15) is 18.4 Å². The number of thioether (sulfide) groups is 1. The summed E-state index contributed by atoms with van der Waals surface area (Å²) in [6.07, 6.45) is 1.94. The highest BCUT2D eigenvalue weighted by molar-refractivity contribution is 7.98. The van der Waals surface area contributed by atoms with Crippen molar-refractivity contribution in [1.29, 1.82) is 0 Å². The topological polar surface area (TPSA) is 81.7 Å². The van der Waals surface area contributed by atoms with Gasteiger partial charge < -0.3 is 14.8 Å². The van der Waals surface area contributed by atoms with Gasteiger partial charge in [-0.1, -0.05) is 42.5 Å². The number of carbonyl (C=O) groups excluding carboxylic acids is 2. The SMILES string of the molecule is CSCCOC(=O)C1=C(C)NC2=C(C(=O)OC2)C1c1cccc2c(=O)cc(-c3ccccc3)sc12. The highest BCUT2D eigenvalue weighted by Crippen LogP contribution is 2.45. The van der Waals surface area contributed by atoms with Crippen LogP contribution in [0.3, 0.4) is 0 Å². The number of cyclic esters (lactones) is 1. The fourth-order valence-corrected chi connectivity index (χ4v) is 5.99. The Kier molecular flexibility index (Phi) is 6.49. The largest absolute Gasteiger partial charge is 0.461 e. The maximum atomic E-state index is 13.3. The molecule has 0 saturated carbocycles. The molecule has 3 aromatic rings. The van der Waals surface area contributed by atoms with Gasteiger partial charge >= 0.3 is 11.9 Å². The summed E-state index contributed by atoms with van der Waals surface area (Å²) in [5, 5.41) is 3.72. The van der Waals surface area contributed by atoms with Crippen LogP contribution in [0, 0.1) is 0 Å². The van der Waals surface area contributed by atoms with E-state index in [1.807, 2.05) is 42.7 Å². The van der Waals surface area contributed by atoms with Crippen LogP contribution in [-0.4, -0.2) is 37.2 Å². The molecule has 0 spiro atoms. The van der Waals surface area contributed by atoms with Gasteiger partial charge in [-0.05, 0) is 30.4 Å². The van der Waals surface area contributed by atoms with Gasteiger partial charge in [0.15, 0.2) is 5.43 Å². The van der Waals surface area contributed by atoms with E-state index in [1.54, 1.807) is 36.9 Å². The molecular weight excluding hydrogens is 482 g/mol. The van der Waals surface area contributed by atoms with Gasteiger partial charge in [-0.2, -0.15) is 11.8 Å². The van der Waals surface area contributed by atoms with Crippen LogP contribution < -0.4 is 10.7 Å². The number of nitrogens with one attached hydrogen (secondary N) is 1. The number of rotatable bonds is 6. The second-order valence-corrected chi connectivity index (χ2v) is 10.3. The fourth-order valence-electron chi connectivity index (χ4n) is 4.51. The van der Waals surface area contributed by atoms with Gasteiger partial charge in [-0.15, -0.1) is 11.3 Å². The van der Waals surface area contributed by atoms with Crippen molar-refractivity contribution >= 4 is 45.1 Å².